The molecule has 2 rings (SSSR count). The normalized spacial score (nSPS) is 22.3. The molecule has 1 fully saturated rings. The number of urea groups is 1. The van der Waals surface area contributed by atoms with Crippen molar-refractivity contribution in [3.05, 3.63) is 24.2 Å². The number of furan rings is 1. The fraction of sp³-hybridized carbons (Fsp3) is 0.500. The lowest BCUT2D eigenvalue weighted by Gasteiger charge is -2.27. The van der Waals surface area contributed by atoms with Gasteiger partial charge in [0.25, 0.3) is 0 Å². The molecule has 6 nitrogen and oxygen atoms in total. The number of likely N-dealkylation sites (tertiary alicyclic amines) is 1. The van der Waals surface area contributed by atoms with Crippen LogP contribution in [0, 0.1) is 5.41 Å². The van der Waals surface area contributed by atoms with Gasteiger partial charge in [-0.1, -0.05) is 0 Å². The zero-order chi connectivity index (χ0) is 15.7. The van der Waals surface area contributed by atoms with Gasteiger partial charge >= 0.3 is 18.2 Å². The predicted molar refractivity (Wildman–Crippen MR) is 63.3 cm³/mol. The summed E-state index contributed by atoms with van der Waals surface area (Å²) in [6.07, 6.45) is -2.76. The van der Waals surface area contributed by atoms with E-state index < -0.39 is 36.6 Å². The fourth-order valence-electron chi connectivity index (χ4n) is 2.19. The van der Waals surface area contributed by atoms with E-state index in [-0.39, 0.29) is 13.1 Å². The lowest BCUT2D eigenvalue weighted by Crippen LogP contribution is -2.48. The number of hydrogen-bond acceptors (Lipinski definition) is 3. The van der Waals surface area contributed by atoms with Crippen molar-refractivity contribution < 1.29 is 32.3 Å². The summed E-state index contributed by atoms with van der Waals surface area (Å²) in [5.41, 5.74) is -2.23. The molecule has 1 aliphatic rings. The van der Waals surface area contributed by atoms with Crippen molar-refractivity contribution in [2.75, 3.05) is 13.1 Å². The number of nitrogens with one attached hydrogen (secondary N) is 1. The van der Waals surface area contributed by atoms with Crippen molar-refractivity contribution in [1.29, 1.82) is 0 Å². The fourth-order valence-corrected chi connectivity index (χ4v) is 2.19. The van der Waals surface area contributed by atoms with E-state index in [1.165, 1.54) is 12.5 Å². The van der Waals surface area contributed by atoms with Crippen molar-refractivity contribution in [3.63, 3.8) is 0 Å². The van der Waals surface area contributed by atoms with Gasteiger partial charge < -0.3 is 19.7 Å². The highest BCUT2D eigenvalue weighted by Crippen LogP contribution is 2.45. The minimum absolute atomic E-state index is 0.0952. The summed E-state index contributed by atoms with van der Waals surface area (Å²) >= 11 is 0. The molecule has 0 spiro atoms. The molecule has 0 bridgehead atoms. The Morgan fingerprint density at radius 2 is 2.19 bits per heavy atom. The number of carboxylic acid groups (broad SMARTS) is 1. The first-order chi connectivity index (χ1) is 9.76. The Bertz CT molecular complexity index is 529. The van der Waals surface area contributed by atoms with Crippen LogP contribution in [0.25, 0.3) is 0 Å². The van der Waals surface area contributed by atoms with Gasteiger partial charge in [0.05, 0.1) is 12.5 Å². The zero-order valence-corrected chi connectivity index (χ0v) is 10.8. The Balaban J connectivity index is 2.00. The minimum atomic E-state index is -4.90. The Labute approximate surface area is 117 Å². The van der Waals surface area contributed by atoms with Crippen LogP contribution in [-0.4, -0.2) is 41.3 Å². The van der Waals surface area contributed by atoms with Gasteiger partial charge in [-0.2, -0.15) is 13.2 Å². The first-order valence-electron chi connectivity index (χ1n) is 6.10. The van der Waals surface area contributed by atoms with Gasteiger partial charge in [-0.05, 0) is 12.5 Å². The molecular formula is C12H13F3N2O4. The second-order valence-electron chi connectivity index (χ2n) is 4.85. The number of carbonyl (C=O) groups is 2. The average Bonchev–Trinajstić information content (AvgIpc) is 3.04. The smallest absolute Gasteiger partial charge is 0.406 e. The van der Waals surface area contributed by atoms with Gasteiger partial charge in [-0.25, -0.2) is 4.79 Å². The topological polar surface area (TPSA) is 82.8 Å². The number of rotatable bonds is 3. The van der Waals surface area contributed by atoms with E-state index in [1.807, 2.05) is 0 Å². The highest BCUT2D eigenvalue weighted by Gasteiger charge is 2.64. The summed E-state index contributed by atoms with van der Waals surface area (Å²) < 4.78 is 43.7. The molecule has 1 saturated heterocycles. The van der Waals surface area contributed by atoms with E-state index in [0.717, 1.165) is 4.90 Å². The molecule has 21 heavy (non-hydrogen) atoms. The molecule has 2 heterocycles. The van der Waals surface area contributed by atoms with Crippen molar-refractivity contribution >= 4 is 12.0 Å². The number of aliphatic carboxylic acids is 1. The average molecular weight is 306 g/mol. The summed E-state index contributed by atoms with van der Waals surface area (Å²) in [4.78, 5) is 23.7. The molecule has 1 aliphatic heterocycles. The van der Waals surface area contributed by atoms with E-state index in [2.05, 4.69) is 5.32 Å². The van der Waals surface area contributed by atoms with E-state index in [9.17, 15) is 22.8 Å². The molecule has 0 aliphatic carbocycles. The maximum absolute atomic E-state index is 13.0. The molecule has 116 valence electrons. The maximum Gasteiger partial charge on any atom is 0.406 e. The lowest BCUT2D eigenvalue weighted by atomic mass is 9.86. The van der Waals surface area contributed by atoms with Gasteiger partial charge in [0.15, 0.2) is 5.41 Å². The third-order valence-corrected chi connectivity index (χ3v) is 3.53. The summed E-state index contributed by atoms with van der Waals surface area (Å²) in [5.74, 6) is -1.96. The van der Waals surface area contributed by atoms with Crippen LogP contribution < -0.4 is 5.32 Å². The number of hydrogen-bond donors (Lipinski definition) is 2. The molecule has 0 aromatic carbocycles. The van der Waals surface area contributed by atoms with E-state index >= 15 is 0 Å². The van der Waals surface area contributed by atoms with Crippen LogP contribution in [0.5, 0.6) is 0 Å². The van der Waals surface area contributed by atoms with Gasteiger partial charge in [-0.3, -0.25) is 4.79 Å². The van der Waals surface area contributed by atoms with Gasteiger partial charge in [-0.15, -0.1) is 0 Å². The number of nitrogens with zero attached hydrogens (tertiary/aromatic N) is 1. The molecule has 9 heteroatoms. The van der Waals surface area contributed by atoms with Crippen molar-refractivity contribution in [2.24, 2.45) is 5.41 Å². The van der Waals surface area contributed by atoms with Crippen LogP contribution in [0.15, 0.2) is 23.0 Å². The molecular weight excluding hydrogens is 293 g/mol. The highest BCUT2D eigenvalue weighted by molar-refractivity contribution is 5.80. The molecule has 2 N–H and O–H groups in total. The molecule has 0 saturated carbocycles. The van der Waals surface area contributed by atoms with Crippen LogP contribution in [0.4, 0.5) is 18.0 Å². The summed E-state index contributed by atoms with van der Waals surface area (Å²) in [5, 5.41) is 11.3. The quantitative estimate of drug-likeness (QED) is 0.892. The summed E-state index contributed by atoms with van der Waals surface area (Å²) in [6.45, 7) is -1.05. The van der Waals surface area contributed by atoms with Crippen LogP contribution >= 0.6 is 0 Å². The summed E-state index contributed by atoms with van der Waals surface area (Å²) in [6, 6.07) is 0.866. The van der Waals surface area contributed by atoms with Gasteiger partial charge in [0.2, 0.25) is 0 Å². The Hall–Kier alpha value is -2.19. The van der Waals surface area contributed by atoms with Crippen molar-refractivity contribution in [3.8, 4) is 0 Å². The molecule has 1 aromatic rings. The van der Waals surface area contributed by atoms with E-state index in [1.54, 1.807) is 6.07 Å². The van der Waals surface area contributed by atoms with Crippen LogP contribution in [0.1, 0.15) is 12.0 Å². The van der Waals surface area contributed by atoms with E-state index in [4.69, 9.17) is 9.52 Å². The first kappa shape index (κ1) is 15.2. The predicted octanol–water partition coefficient (Wildman–Crippen LogP) is 1.83. The molecule has 1 unspecified atom stereocenters. The number of halogens is 3. The van der Waals surface area contributed by atoms with Gasteiger partial charge in [0, 0.05) is 25.2 Å². The third kappa shape index (κ3) is 2.81. The SMILES string of the molecule is O=C(NCc1ccoc1)N1CCC(C(=O)O)(C(F)(F)F)C1. The van der Waals surface area contributed by atoms with Crippen molar-refractivity contribution in [2.45, 2.75) is 19.1 Å². The monoisotopic (exact) mass is 306 g/mol. The Morgan fingerprint density at radius 1 is 1.48 bits per heavy atom. The van der Waals surface area contributed by atoms with E-state index in [0.29, 0.717) is 5.56 Å². The Kier molecular flexibility index (Phi) is 3.84. The molecule has 2 amide bonds. The molecule has 0 radical (unpaired) electrons. The Morgan fingerprint density at radius 3 is 2.67 bits per heavy atom. The third-order valence-electron chi connectivity index (χ3n) is 3.53. The second kappa shape index (κ2) is 5.30. The molecule has 1 aromatic heterocycles. The summed E-state index contributed by atoms with van der Waals surface area (Å²) in [7, 11) is 0. The number of carbonyl (C=O) groups excluding carboxylic acids is 1. The van der Waals surface area contributed by atoms with Crippen molar-refractivity contribution in [1.82, 2.24) is 10.2 Å². The first-order valence-corrected chi connectivity index (χ1v) is 6.10. The van der Waals surface area contributed by atoms with Crippen LogP contribution in [0.2, 0.25) is 0 Å². The van der Waals surface area contributed by atoms with Crippen LogP contribution in [0.3, 0.4) is 0 Å². The van der Waals surface area contributed by atoms with Crippen LogP contribution in [-0.2, 0) is 11.3 Å². The number of alkyl halides is 3. The standard InChI is InChI=1S/C12H13F3N2O4/c13-12(14,15)11(9(18)19)2-3-17(7-11)10(20)16-5-8-1-4-21-6-8/h1,4,6H,2-3,5,7H2,(H,16,20)(H,18,19). The maximum atomic E-state index is 13.0. The number of carboxylic acids is 1. The molecule has 1 atom stereocenters. The highest BCUT2D eigenvalue weighted by atomic mass is 19.4. The lowest BCUT2D eigenvalue weighted by molar-refractivity contribution is -0.226. The minimum Gasteiger partial charge on any atom is -0.481 e. The van der Waals surface area contributed by atoms with Gasteiger partial charge in [0.1, 0.15) is 0 Å². The zero-order valence-electron chi connectivity index (χ0n) is 10.8. The largest absolute Gasteiger partial charge is 0.481 e. The second-order valence-corrected chi connectivity index (χ2v) is 4.85. The number of amides is 2.